The number of amides is 1. The van der Waals surface area contributed by atoms with E-state index in [9.17, 15) is 4.79 Å². The first-order valence-corrected chi connectivity index (χ1v) is 9.45. The summed E-state index contributed by atoms with van der Waals surface area (Å²) in [6.07, 6.45) is 1.59. The van der Waals surface area contributed by atoms with Gasteiger partial charge in [-0.15, -0.1) is 0 Å². The van der Waals surface area contributed by atoms with Crippen molar-refractivity contribution in [3.05, 3.63) is 66.2 Å². The van der Waals surface area contributed by atoms with Gasteiger partial charge in [0.15, 0.2) is 0 Å². The molecule has 148 valence electrons. The van der Waals surface area contributed by atoms with Crippen LogP contribution in [0, 0.1) is 6.92 Å². The van der Waals surface area contributed by atoms with Crippen LogP contribution < -0.4 is 15.5 Å². The van der Waals surface area contributed by atoms with E-state index < -0.39 is 0 Å². The van der Waals surface area contributed by atoms with Crippen molar-refractivity contribution in [1.82, 2.24) is 15.0 Å². The maximum Gasteiger partial charge on any atom is 0.274 e. The molecule has 3 aromatic rings. The van der Waals surface area contributed by atoms with Gasteiger partial charge in [-0.1, -0.05) is 6.07 Å². The Morgan fingerprint density at radius 2 is 1.79 bits per heavy atom. The minimum Gasteiger partial charge on any atom is -0.378 e. The second kappa shape index (κ2) is 8.66. The van der Waals surface area contributed by atoms with E-state index in [-0.39, 0.29) is 5.91 Å². The molecule has 0 saturated carbocycles. The highest BCUT2D eigenvalue weighted by Crippen LogP contribution is 2.22. The van der Waals surface area contributed by atoms with E-state index in [1.165, 1.54) is 0 Å². The zero-order valence-corrected chi connectivity index (χ0v) is 16.1. The predicted molar refractivity (Wildman–Crippen MR) is 112 cm³/mol. The lowest BCUT2D eigenvalue weighted by Crippen LogP contribution is -2.36. The SMILES string of the molecule is Cc1nc(Nc2ccc(NC(=O)c3ccccn3)cc2)cc(N2CCOCC2)n1. The van der Waals surface area contributed by atoms with Crippen LogP contribution in [-0.4, -0.2) is 47.2 Å². The molecule has 8 nitrogen and oxygen atoms in total. The molecule has 4 rings (SSSR count). The van der Waals surface area contributed by atoms with Crippen LogP contribution in [0.5, 0.6) is 0 Å². The first kappa shape index (κ1) is 18.8. The summed E-state index contributed by atoms with van der Waals surface area (Å²) >= 11 is 0. The lowest BCUT2D eigenvalue weighted by molar-refractivity contribution is 0.102. The number of carbonyl (C=O) groups excluding carboxylic acids is 1. The van der Waals surface area contributed by atoms with Crippen molar-refractivity contribution in [3.8, 4) is 0 Å². The van der Waals surface area contributed by atoms with Gasteiger partial charge in [-0.25, -0.2) is 9.97 Å². The van der Waals surface area contributed by atoms with Crippen LogP contribution in [0.15, 0.2) is 54.7 Å². The van der Waals surface area contributed by atoms with E-state index in [0.717, 1.165) is 30.4 Å². The van der Waals surface area contributed by atoms with Crippen LogP contribution in [0.3, 0.4) is 0 Å². The lowest BCUT2D eigenvalue weighted by Gasteiger charge is -2.28. The number of benzene rings is 1. The van der Waals surface area contributed by atoms with Gasteiger partial charge in [0.1, 0.15) is 23.2 Å². The molecule has 0 unspecified atom stereocenters. The molecule has 3 heterocycles. The fourth-order valence-electron chi connectivity index (χ4n) is 3.05. The smallest absolute Gasteiger partial charge is 0.274 e. The maximum absolute atomic E-state index is 12.2. The van der Waals surface area contributed by atoms with Crippen molar-refractivity contribution < 1.29 is 9.53 Å². The Bertz CT molecular complexity index is 972. The largest absolute Gasteiger partial charge is 0.378 e. The van der Waals surface area contributed by atoms with Gasteiger partial charge in [0, 0.05) is 36.7 Å². The molecule has 1 fully saturated rings. The fourth-order valence-corrected chi connectivity index (χ4v) is 3.05. The molecule has 0 spiro atoms. The highest BCUT2D eigenvalue weighted by Gasteiger charge is 2.14. The molecule has 1 amide bonds. The van der Waals surface area contributed by atoms with E-state index >= 15 is 0 Å². The van der Waals surface area contributed by atoms with Gasteiger partial charge in [-0.3, -0.25) is 9.78 Å². The van der Waals surface area contributed by atoms with Crippen LogP contribution in [0.1, 0.15) is 16.3 Å². The summed E-state index contributed by atoms with van der Waals surface area (Å²) in [5.41, 5.74) is 1.94. The predicted octanol–water partition coefficient (Wildman–Crippen LogP) is 3.01. The second-order valence-electron chi connectivity index (χ2n) is 6.63. The average Bonchev–Trinajstić information content (AvgIpc) is 2.76. The van der Waals surface area contributed by atoms with E-state index in [0.29, 0.717) is 30.4 Å². The fraction of sp³-hybridized carbons (Fsp3) is 0.238. The lowest BCUT2D eigenvalue weighted by atomic mass is 10.2. The summed E-state index contributed by atoms with van der Waals surface area (Å²) in [5, 5.41) is 6.14. The van der Waals surface area contributed by atoms with Gasteiger partial charge in [0.25, 0.3) is 5.91 Å². The first-order chi connectivity index (χ1) is 14.2. The molecule has 2 N–H and O–H groups in total. The number of nitrogens with zero attached hydrogens (tertiary/aromatic N) is 4. The van der Waals surface area contributed by atoms with E-state index in [1.54, 1.807) is 24.4 Å². The Hall–Kier alpha value is -3.52. The minimum atomic E-state index is -0.243. The van der Waals surface area contributed by atoms with E-state index in [4.69, 9.17) is 4.74 Å². The number of carbonyl (C=O) groups is 1. The quantitative estimate of drug-likeness (QED) is 0.692. The van der Waals surface area contributed by atoms with Gasteiger partial charge in [0.05, 0.1) is 13.2 Å². The van der Waals surface area contributed by atoms with Crippen LogP contribution >= 0.6 is 0 Å². The van der Waals surface area contributed by atoms with Crippen molar-refractivity contribution in [2.75, 3.05) is 41.8 Å². The Balaban J connectivity index is 1.43. The summed E-state index contributed by atoms with van der Waals surface area (Å²) in [4.78, 5) is 27.5. The van der Waals surface area contributed by atoms with E-state index in [2.05, 4.69) is 30.5 Å². The third-order valence-corrected chi connectivity index (χ3v) is 4.47. The van der Waals surface area contributed by atoms with Crippen molar-refractivity contribution in [2.24, 2.45) is 0 Å². The van der Waals surface area contributed by atoms with Gasteiger partial charge in [-0.2, -0.15) is 0 Å². The molecule has 0 bridgehead atoms. The molecule has 0 atom stereocenters. The molecular formula is C21H22N6O2. The number of hydrogen-bond acceptors (Lipinski definition) is 7. The Morgan fingerprint density at radius 1 is 1.03 bits per heavy atom. The highest BCUT2D eigenvalue weighted by atomic mass is 16.5. The van der Waals surface area contributed by atoms with Gasteiger partial charge in [-0.05, 0) is 43.3 Å². The standard InChI is InChI=1S/C21H22N6O2/c1-15-23-19(14-20(24-15)27-10-12-29-13-11-27)25-16-5-7-17(8-6-16)26-21(28)18-4-2-3-9-22-18/h2-9,14H,10-13H2,1H3,(H,26,28)(H,23,24,25). The van der Waals surface area contributed by atoms with Gasteiger partial charge in [0.2, 0.25) is 0 Å². The molecule has 1 aromatic carbocycles. The molecule has 1 aliphatic heterocycles. The molecule has 1 aliphatic rings. The zero-order chi connectivity index (χ0) is 20.1. The molecular weight excluding hydrogens is 368 g/mol. The topological polar surface area (TPSA) is 92.3 Å². The third-order valence-electron chi connectivity index (χ3n) is 4.47. The number of hydrogen-bond donors (Lipinski definition) is 2. The molecule has 0 aliphatic carbocycles. The molecule has 29 heavy (non-hydrogen) atoms. The van der Waals surface area contributed by atoms with Crippen LogP contribution in [0.25, 0.3) is 0 Å². The molecule has 8 heteroatoms. The van der Waals surface area contributed by atoms with Crippen molar-refractivity contribution in [3.63, 3.8) is 0 Å². The number of aromatic nitrogens is 3. The molecule has 1 saturated heterocycles. The Morgan fingerprint density at radius 3 is 2.52 bits per heavy atom. The van der Waals surface area contributed by atoms with Gasteiger partial charge >= 0.3 is 0 Å². The van der Waals surface area contributed by atoms with Crippen molar-refractivity contribution in [2.45, 2.75) is 6.92 Å². The monoisotopic (exact) mass is 390 g/mol. The maximum atomic E-state index is 12.2. The minimum absolute atomic E-state index is 0.243. The van der Waals surface area contributed by atoms with Crippen molar-refractivity contribution in [1.29, 1.82) is 0 Å². The highest BCUT2D eigenvalue weighted by molar-refractivity contribution is 6.02. The number of pyridine rings is 1. The number of morpholine rings is 1. The van der Waals surface area contributed by atoms with E-state index in [1.807, 2.05) is 37.3 Å². The summed E-state index contributed by atoms with van der Waals surface area (Å²) in [5.74, 6) is 2.08. The number of nitrogens with one attached hydrogen (secondary N) is 2. The normalized spacial score (nSPS) is 13.8. The number of aryl methyl sites for hydroxylation is 1. The summed E-state index contributed by atoms with van der Waals surface area (Å²) < 4.78 is 5.41. The third kappa shape index (κ3) is 4.85. The van der Waals surface area contributed by atoms with Crippen LogP contribution in [0.2, 0.25) is 0 Å². The molecule has 0 radical (unpaired) electrons. The summed E-state index contributed by atoms with van der Waals surface area (Å²) in [6, 6.07) is 14.6. The number of anilines is 4. The van der Waals surface area contributed by atoms with Crippen LogP contribution in [0.4, 0.5) is 23.0 Å². The second-order valence-corrected chi connectivity index (χ2v) is 6.63. The summed E-state index contributed by atoms with van der Waals surface area (Å²) in [6.45, 7) is 4.93. The van der Waals surface area contributed by atoms with Crippen molar-refractivity contribution >= 4 is 28.9 Å². The van der Waals surface area contributed by atoms with Gasteiger partial charge < -0.3 is 20.3 Å². The first-order valence-electron chi connectivity index (χ1n) is 9.45. The number of rotatable bonds is 5. The Labute approximate surface area is 169 Å². The van der Waals surface area contributed by atoms with Crippen LogP contribution in [-0.2, 0) is 4.74 Å². The number of ether oxygens (including phenoxy) is 1. The summed E-state index contributed by atoms with van der Waals surface area (Å²) in [7, 11) is 0. The zero-order valence-electron chi connectivity index (χ0n) is 16.1. The average molecular weight is 390 g/mol. The Kier molecular flexibility index (Phi) is 5.62. The molecule has 2 aromatic heterocycles.